The van der Waals surface area contributed by atoms with Gasteiger partial charge < -0.3 is 0 Å². The molecule has 104 valence electrons. The van der Waals surface area contributed by atoms with Gasteiger partial charge in [-0.2, -0.15) is 30.7 Å². The minimum atomic E-state index is -6.77. The number of rotatable bonds is 3. The highest BCUT2D eigenvalue weighted by atomic mass is 28.3. The van der Waals surface area contributed by atoms with Gasteiger partial charge in [-0.25, -0.2) is 8.78 Å². The van der Waals surface area contributed by atoms with Gasteiger partial charge in [0.15, 0.2) is 0 Å². The maximum atomic E-state index is 13.1. The minimum absolute atomic E-state index is 0.577. The Bertz CT molecular complexity index is 257. The van der Waals surface area contributed by atoms with Gasteiger partial charge in [0.25, 0.3) is 5.55 Å². The van der Waals surface area contributed by atoms with E-state index in [9.17, 15) is 39.5 Å². The van der Waals surface area contributed by atoms with Gasteiger partial charge in [-0.3, -0.25) is 0 Å². The summed E-state index contributed by atoms with van der Waals surface area (Å²) in [6.07, 6.45) is -6.74. The van der Waals surface area contributed by atoms with Crippen LogP contribution in [0.25, 0.3) is 0 Å². The molecule has 0 rings (SSSR count). The van der Waals surface area contributed by atoms with Crippen molar-refractivity contribution in [1.29, 1.82) is 0 Å². The summed E-state index contributed by atoms with van der Waals surface area (Å²) in [5.41, 5.74) is -5.39. The van der Waals surface area contributed by atoms with Gasteiger partial charge in [0.05, 0.1) is 0 Å². The van der Waals surface area contributed by atoms with Gasteiger partial charge >= 0.3 is 18.0 Å². The fraction of sp³-hybridized carbons (Fsp3) is 1.00. The largest absolute Gasteiger partial charge is 0.460 e. The Kier molecular flexibility index (Phi) is 3.70. The molecule has 17 heavy (non-hydrogen) atoms. The molecule has 0 aliphatic rings. The third-order valence-electron chi connectivity index (χ3n) is 2.09. The molecule has 0 aliphatic carbocycles. The second-order valence-corrected chi connectivity index (χ2v) is 9.60. The number of hydrogen-bond donors (Lipinski definition) is 0. The summed E-state index contributed by atoms with van der Waals surface area (Å²) >= 11 is 0. The van der Waals surface area contributed by atoms with E-state index in [0.29, 0.717) is 19.6 Å². The molecule has 0 aromatic carbocycles. The molecule has 0 fully saturated rings. The van der Waals surface area contributed by atoms with Crippen molar-refractivity contribution in [1.82, 2.24) is 0 Å². The SMILES string of the molecule is C[Si](C)(C)C(F)(F)C(F)(F)C(F)(F)C(F)(F)F. The maximum absolute atomic E-state index is 13.1. The molecule has 0 spiro atoms. The molecular formula is C7H9F9Si. The fourth-order valence-corrected chi connectivity index (χ4v) is 1.95. The highest BCUT2D eigenvalue weighted by molar-refractivity contribution is 6.78. The molecule has 0 bridgehead atoms. The second kappa shape index (κ2) is 3.79. The number of alkyl halides is 9. The van der Waals surface area contributed by atoms with Crippen LogP contribution in [0.15, 0.2) is 0 Å². The van der Waals surface area contributed by atoms with Crippen molar-refractivity contribution < 1.29 is 39.5 Å². The van der Waals surface area contributed by atoms with Crippen LogP contribution in [0.5, 0.6) is 0 Å². The first-order chi connectivity index (χ1) is 7.00. The first-order valence-corrected chi connectivity index (χ1v) is 7.70. The Morgan fingerprint density at radius 3 is 1.06 bits per heavy atom. The van der Waals surface area contributed by atoms with E-state index < -0.39 is 31.6 Å². The van der Waals surface area contributed by atoms with Crippen LogP contribution in [0.2, 0.25) is 19.6 Å². The van der Waals surface area contributed by atoms with Gasteiger partial charge in [0.1, 0.15) is 8.07 Å². The minimum Gasteiger partial charge on any atom is -0.205 e. The Balaban J connectivity index is 5.73. The lowest BCUT2D eigenvalue weighted by Gasteiger charge is -2.39. The van der Waals surface area contributed by atoms with Crippen molar-refractivity contribution in [2.45, 2.75) is 43.2 Å². The van der Waals surface area contributed by atoms with Gasteiger partial charge in [-0.1, -0.05) is 19.6 Å². The summed E-state index contributed by atoms with van der Waals surface area (Å²) in [6, 6.07) is 0. The number of hydrogen-bond acceptors (Lipinski definition) is 0. The Hall–Kier alpha value is -0.413. The zero-order valence-corrected chi connectivity index (χ0v) is 9.90. The highest BCUT2D eigenvalue weighted by Crippen LogP contribution is 2.55. The maximum Gasteiger partial charge on any atom is 0.460 e. The van der Waals surface area contributed by atoms with E-state index in [-0.39, 0.29) is 0 Å². The molecule has 0 aliphatic heterocycles. The molecule has 0 saturated carbocycles. The lowest BCUT2D eigenvalue weighted by molar-refractivity contribution is -0.384. The van der Waals surface area contributed by atoms with Gasteiger partial charge in [-0.15, -0.1) is 0 Å². The van der Waals surface area contributed by atoms with E-state index in [0.717, 1.165) is 0 Å². The molecule has 10 heteroatoms. The van der Waals surface area contributed by atoms with Crippen molar-refractivity contribution in [2.75, 3.05) is 0 Å². The Labute approximate surface area is 91.8 Å². The fourth-order valence-electron chi connectivity index (χ4n) is 0.846. The number of halogens is 9. The zero-order chi connectivity index (χ0) is 14.5. The molecule has 0 nitrogen and oxygen atoms in total. The van der Waals surface area contributed by atoms with E-state index in [1.165, 1.54) is 0 Å². The van der Waals surface area contributed by atoms with Crippen LogP contribution in [0.3, 0.4) is 0 Å². The monoisotopic (exact) mass is 292 g/mol. The van der Waals surface area contributed by atoms with Crippen LogP contribution in [0.4, 0.5) is 39.5 Å². The zero-order valence-electron chi connectivity index (χ0n) is 8.90. The van der Waals surface area contributed by atoms with Gasteiger partial charge in [-0.05, 0) is 0 Å². The lowest BCUT2D eigenvalue weighted by Crippen LogP contribution is -2.68. The van der Waals surface area contributed by atoms with E-state index in [1.807, 2.05) is 0 Å². The third kappa shape index (κ3) is 2.27. The van der Waals surface area contributed by atoms with Crippen LogP contribution in [0, 0.1) is 0 Å². The van der Waals surface area contributed by atoms with Crippen LogP contribution >= 0.6 is 0 Å². The summed E-state index contributed by atoms with van der Waals surface area (Å²) in [6.45, 7) is 1.73. The molecule has 0 radical (unpaired) electrons. The first-order valence-electron chi connectivity index (χ1n) is 4.20. The highest BCUT2D eigenvalue weighted by Gasteiger charge is 2.83. The topological polar surface area (TPSA) is 0 Å². The lowest BCUT2D eigenvalue weighted by atomic mass is 10.1. The molecule has 0 saturated heterocycles. The molecular weight excluding hydrogens is 283 g/mol. The van der Waals surface area contributed by atoms with Crippen LogP contribution in [-0.2, 0) is 0 Å². The smallest absolute Gasteiger partial charge is 0.205 e. The Morgan fingerprint density at radius 2 is 0.882 bits per heavy atom. The van der Waals surface area contributed by atoms with Gasteiger partial charge in [0.2, 0.25) is 0 Å². The Morgan fingerprint density at radius 1 is 0.588 bits per heavy atom. The molecule has 0 unspecified atom stereocenters. The van der Waals surface area contributed by atoms with E-state index in [4.69, 9.17) is 0 Å². The summed E-state index contributed by atoms with van der Waals surface area (Å²) < 4.78 is 112. The average Bonchev–Trinajstić information content (AvgIpc) is 1.98. The van der Waals surface area contributed by atoms with Crippen LogP contribution in [0.1, 0.15) is 0 Å². The normalized spacial score (nSPS) is 16.2. The summed E-state index contributed by atoms with van der Waals surface area (Å²) in [5, 5.41) is 0. The molecule has 0 amide bonds. The summed E-state index contributed by atoms with van der Waals surface area (Å²) in [5.74, 6) is -13.2. The first kappa shape index (κ1) is 16.6. The van der Waals surface area contributed by atoms with E-state index in [1.54, 1.807) is 0 Å². The van der Waals surface area contributed by atoms with Crippen molar-refractivity contribution in [3.8, 4) is 0 Å². The predicted molar refractivity (Wildman–Crippen MR) is 44.2 cm³/mol. The quantitative estimate of drug-likeness (QED) is 0.536. The second-order valence-electron chi connectivity index (χ2n) is 4.47. The molecule has 0 aromatic rings. The molecule has 0 atom stereocenters. The van der Waals surface area contributed by atoms with Crippen LogP contribution in [-0.4, -0.2) is 31.6 Å². The van der Waals surface area contributed by atoms with Crippen molar-refractivity contribution in [2.24, 2.45) is 0 Å². The predicted octanol–water partition coefficient (Wildman–Crippen LogP) is 4.33. The molecule has 0 N–H and O–H groups in total. The van der Waals surface area contributed by atoms with E-state index >= 15 is 0 Å². The average molecular weight is 292 g/mol. The standard InChI is InChI=1S/C7H9F9Si/c1-17(2,3)7(15,16)5(10,11)4(8,9)6(12,13)14/h1-3H3. The van der Waals surface area contributed by atoms with Gasteiger partial charge in [0, 0.05) is 0 Å². The molecule has 0 heterocycles. The summed E-state index contributed by atoms with van der Waals surface area (Å²) in [4.78, 5) is 0. The van der Waals surface area contributed by atoms with Crippen molar-refractivity contribution in [3.63, 3.8) is 0 Å². The third-order valence-corrected chi connectivity index (χ3v) is 4.28. The summed E-state index contributed by atoms with van der Waals surface area (Å²) in [7, 11) is -4.27. The van der Waals surface area contributed by atoms with Crippen LogP contribution < -0.4 is 0 Å². The van der Waals surface area contributed by atoms with E-state index in [2.05, 4.69) is 0 Å². The van der Waals surface area contributed by atoms with Crippen molar-refractivity contribution >= 4 is 8.07 Å². The molecule has 0 aromatic heterocycles. The van der Waals surface area contributed by atoms with Crippen molar-refractivity contribution in [3.05, 3.63) is 0 Å².